The number of urea groups is 1. The van der Waals surface area contributed by atoms with Crippen molar-refractivity contribution in [3.05, 3.63) is 54.5 Å². The van der Waals surface area contributed by atoms with Crippen molar-refractivity contribution in [2.24, 2.45) is 5.92 Å². The number of piperidine rings is 1. The Labute approximate surface area is 359 Å². The molecule has 0 radical (unpaired) electrons. The SMILES string of the molecule is COC(=O)N[C@H](C(=O)N1CCC[C@H]1c1nc(-c2ccc(-c3ccc(NC(=O)N4CC5CCC(C4)N5C4CCN(C(=O)OC(C)(C)C)CC4)cc3OC(F)(F)F)cc2)c[nH]1)C(C)C. The van der Waals surface area contributed by atoms with Gasteiger partial charge in [0.1, 0.15) is 23.2 Å². The molecule has 15 nitrogen and oxygen atoms in total. The zero-order chi connectivity index (χ0) is 44.5. The number of aromatic nitrogens is 2. The second-order valence-electron chi connectivity index (χ2n) is 17.9. The molecule has 2 bridgehead atoms. The van der Waals surface area contributed by atoms with Gasteiger partial charge in [-0.3, -0.25) is 9.69 Å². The summed E-state index contributed by atoms with van der Waals surface area (Å²) in [5, 5.41) is 5.45. The van der Waals surface area contributed by atoms with Gasteiger partial charge in [0, 0.05) is 79.9 Å². The first-order chi connectivity index (χ1) is 29.4. The number of H-pyrrole nitrogens is 1. The summed E-state index contributed by atoms with van der Waals surface area (Å²) in [5.41, 5.74) is 1.53. The number of hydrogen-bond acceptors (Lipinski definition) is 9. The fourth-order valence-corrected chi connectivity index (χ4v) is 9.29. The van der Waals surface area contributed by atoms with Crippen LogP contribution in [0.4, 0.5) is 33.2 Å². The van der Waals surface area contributed by atoms with Crippen molar-refractivity contribution in [2.45, 2.75) is 115 Å². The third-order valence-corrected chi connectivity index (χ3v) is 12.2. The van der Waals surface area contributed by atoms with Crippen LogP contribution in [-0.4, -0.2) is 130 Å². The van der Waals surface area contributed by atoms with Crippen molar-refractivity contribution in [2.75, 3.05) is 45.2 Å². The number of alkyl halides is 3. The zero-order valence-corrected chi connectivity index (χ0v) is 36.1. The molecular formula is C44H57F3N8O7. The van der Waals surface area contributed by atoms with Crippen LogP contribution in [0.2, 0.25) is 0 Å². The normalized spacial score (nSPS) is 21.5. The summed E-state index contributed by atoms with van der Waals surface area (Å²) < 4.78 is 56.1. The molecule has 336 valence electrons. The van der Waals surface area contributed by atoms with E-state index < -0.39 is 35.9 Å². The van der Waals surface area contributed by atoms with Crippen LogP contribution in [-0.2, 0) is 14.3 Å². The first kappa shape index (κ1) is 44.5. The van der Waals surface area contributed by atoms with Gasteiger partial charge in [0.05, 0.1) is 18.8 Å². The van der Waals surface area contributed by atoms with Gasteiger partial charge in [0.25, 0.3) is 0 Å². The number of halogens is 3. The number of carbonyl (C=O) groups is 4. The van der Waals surface area contributed by atoms with Crippen molar-refractivity contribution in [1.29, 1.82) is 0 Å². The summed E-state index contributed by atoms with van der Waals surface area (Å²) in [4.78, 5) is 67.4. The van der Waals surface area contributed by atoms with Gasteiger partial charge >= 0.3 is 24.6 Å². The van der Waals surface area contributed by atoms with Gasteiger partial charge in [-0.1, -0.05) is 38.1 Å². The summed E-state index contributed by atoms with van der Waals surface area (Å²) in [6, 6.07) is 10.2. The molecule has 5 amide bonds. The number of ether oxygens (including phenoxy) is 3. The van der Waals surface area contributed by atoms with E-state index in [0.717, 1.165) is 32.1 Å². The average molecular weight is 867 g/mol. The molecular weight excluding hydrogens is 810 g/mol. The van der Waals surface area contributed by atoms with E-state index >= 15 is 0 Å². The number of rotatable bonds is 9. The lowest BCUT2D eigenvalue weighted by Gasteiger charge is -2.47. The first-order valence-electron chi connectivity index (χ1n) is 21.4. The maximum atomic E-state index is 13.8. The molecule has 4 aliphatic rings. The average Bonchev–Trinajstić information content (AvgIpc) is 3.96. The number of fused-ring (bicyclic) bond motifs is 2. The topological polar surface area (TPSA) is 162 Å². The standard InChI is InChI=1S/C44H57F3N8O7/c1-26(2)37(51-41(58)60-6)39(56)54-19-7-8-35(54)38-48-23-34(50-38)28-11-9-27(10-12-28)33-16-13-29(22-36(33)61-44(45,46)47)49-40(57)53-24-31-14-15-32(25-53)55(31)30-17-20-52(21-18-30)42(59)62-43(3,4)5/h9-13,16,22-23,26,30-32,35,37H,7-8,14-15,17-21,24-25H2,1-6H3,(H,48,50)(H,49,57)(H,51,58)/t31?,32?,35-,37-/m0/s1. The number of piperazine rings is 1. The smallest absolute Gasteiger partial charge is 0.453 e. The number of anilines is 1. The molecule has 5 heterocycles. The first-order valence-corrected chi connectivity index (χ1v) is 21.4. The lowest BCUT2D eigenvalue weighted by atomic mass is 9.99. The number of hydrogen-bond donors (Lipinski definition) is 3. The second kappa shape index (κ2) is 18.1. The molecule has 0 spiro atoms. The summed E-state index contributed by atoms with van der Waals surface area (Å²) in [7, 11) is 1.25. The highest BCUT2D eigenvalue weighted by Gasteiger charge is 2.46. The van der Waals surface area contributed by atoms with Crippen molar-refractivity contribution in [3.63, 3.8) is 0 Å². The molecule has 2 aromatic carbocycles. The Morgan fingerprint density at radius 3 is 2.13 bits per heavy atom. The molecule has 4 saturated heterocycles. The van der Waals surface area contributed by atoms with Crippen LogP contribution in [0, 0.1) is 5.92 Å². The molecule has 18 heteroatoms. The zero-order valence-electron chi connectivity index (χ0n) is 36.1. The minimum absolute atomic E-state index is 0.154. The van der Waals surface area contributed by atoms with E-state index in [1.54, 1.807) is 51.2 Å². The number of imidazole rings is 1. The van der Waals surface area contributed by atoms with E-state index in [9.17, 15) is 32.3 Å². The van der Waals surface area contributed by atoms with Crippen LogP contribution >= 0.6 is 0 Å². The number of nitrogens with zero attached hydrogens (tertiary/aromatic N) is 5. The third-order valence-electron chi connectivity index (χ3n) is 12.2. The van der Waals surface area contributed by atoms with E-state index in [4.69, 9.17) is 14.5 Å². The lowest BCUT2D eigenvalue weighted by molar-refractivity contribution is -0.274. The maximum absolute atomic E-state index is 13.8. The van der Waals surface area contributed by atoms with Crippen molar-refractivity contribution >= 4 is 29.8 Å². The maximum Gasteiger partial charge on any atom is 0.573 e. The fraction of sp³-hybridized carbons (Fsp3) is 0.568. The van der Waals surface area contributed by atoms with E-state index in [-0.39, 0.29) is 47.3 Å². The van der Waals surface area contributed by atoms with Crippen LogP contribution in [0.3, 0.4) is 0 Å². The molecule has 2 unspecified atom stereocenters. The van der Waals surface area contributed by atoms with Gasteiger partial charge in [-0.2, -0.15) is 0 Å². The Hall–Kier alpha value is -5.52. The molecule has 3 N–H and O–H groups in total. The Morgan fingerprint density at radius 2 is 1.52 bits per heavy atom. The summed E-state index contributed by atoms with van der Waals surface area (Å²) in [6.45, 7) is 12.0. The number of likely N-dealkylation sites (tertiary alicyclic amines) is 3. The highest BCUT2D eigenvalue weighted by molar-refractivity contribution is 5.91. The molecule has 3 aromatic rings. The van der Waals surface area contributed by atoms with Crippen LogP contribution < -0.4 is 15.4 Å². The predicted molar refractivity (Wildman–Crippen MR) is 224 cm³/mol. The second-order valence-corrected chi connectivity index (χ2v) is 17.9. The summed E-state index contributed by atoms with van der Waals surface area (Å²) in [6.07, 6.45) is 0.706. The van der Waals surface area contributed by atoms with Crippen molar-refractivity contribution in [3.8, 4) is 28.1 Å². The third kappa shape index (κ3) is 10.2. The summed E-state index contributed by atoms with van der Waals surface area (Å²) in [5.74, 6) is -0.279. The number of benzene rings is 2. The quantitative estimate of drug-likeness (QED) is 0.195. The van der Waals surface area contributed by atoms with Gasteiger partial charge in [-0.05, 0) is 82.9 Å². The van der Waals surface area contributed by atoms with Crippen LogP contribution in [0.25, 0.3) is 22.4 Å². The van der Waals surface area contributed by atoms with Gasteiger partial charge < -0.3 is 44.5 Å². The minimum Gasteiger partial charge on any atom is -0.453 e. The van der Waals surface area contributed by atoms with E-state index in [1.165, 1.54) is 19.2 Å². The number of amides is 5. The summed E-state index contributed by atoms with van der Waals surface area (Å²) >= 11 is 0. The number of alkyl carbamates (subject to hydrolysis) is 1. The number of carbonyl (C=O) groups excluding carboxylic acids is 4. The monoisotopic (exact) mass is 866 g/mol. The number of nitrogens with one attached hydrogen (secondary N) is 3. The Morgan fingerprint density at radius 1 is 0.855 bits per heavy atom. The van der Waals surface area contributed by atoms with Gasteiger partial charge in [0.2, 0.25) is 5.91 Å². The highest BCUT2D eigenvalue weighted by atomic mass is 19.4. The fourth-order valence-electron chi connectivity index (χ4n) is 9.29. The molecule has 0 aliphatic carbocycles. The predicted octanol–water partition coefficient (Wildman–Crippen LogP) is 7.77. The van der Waals surface area contributed by atoms with E-state index in [0.29, 0.717) is 67.8 Å². The highest BCUT2D eigenvalue weighted by Crippen LogP contribution is 2.39. The van der Waals surface area contributed by atoms with Crippen LogP contribution in [0.15, 0.2) is 48.7 Å². The lowest BCUT2D eigenvalue weighted by Crippen LogP contribution is -2.60. The van der Waals surface area contributed by atoms with E-state index in [1.807, 2.05) is 34.6 Å². The van der Waals surface area contributed by atoms with Gasteiger partial charge in [-0.25, -0.2) is 19.4 Å². The van der Waals surface area contributed by atoms with Crippen LogP contribution in [0.1, 0.15) is 85.0 Å². The van der Waals surface area contributed by atoms with Gasteiger partial charge in [0.15, 0.2) is 0 Å². The van der Waals surface area contributed by atoms with E-state index in [2.05, 4.69) is 25.3 Å². The molecule has 62 heavy (non-hydrogen) atoms. The Kier molecular flexibility index (Phi) is 13.0. The molecule has 0 saturated carbocycles. The largest absolute Gasteiger partial charge is 0.573 e. The number of aromatic amines is 1. The van der Waals surface area contributed by atoms with Crippen LogP contribution in [0.5, 0.6) is 5.75 Å². The van der Waals surface area contributed by atoms with Crippen molar-refractivity contribution in [1.82, 2.24) is 34.9 Å². The molecule has 4 aliphatic heterocycles. The van der Waals surface area contributed by atoms with Crippen molar-refractivity contribution < 1.29 is 46.6 Å². The molecule has 1 aromatic heterocycles. The Balaban J connectivity index is 0.992. The Bertz CT molecular complexity index is 2080. The minimum atomic E-state index is -4.98. The molecule has 4 atom stereocenters. The molecule has 4 fully saturated rings. The number of methoxy groups -OCH3 is 1. The van der Waals surface area contributed by atoms with Gasteiger partial charge in [-0.15, -0.1) is 13.2 Å². The molecule has 7 rings (SSSR count).